The number of hydrogen-bond donors (Lipinski definition) is 1. The van der Waals surface area contributed by atoms with E-state index < -0.39 is 0 Å². The summed E-state index contributed by atoms with van der Waals surface area (Å²) in [7, 11) is 5.12. The summed E-state index contributed by atoms with van der Waals surface area (Å²) in [5.74, 6) is 1.44. The lowest BCUT2D eigenvalue weighted by Crippen LogP contribution is -2.18. The summed E-state index contributed by atoms with van der Waals surface area (Å²) in [6.07, 6.45) is 1.51. The zero-order valence-electron chi connectivity index (χ0n) is 13.0. The Kier molecular flexibility index (Phi) is 3.88. The Bertz CT molecular complexity index is 748. The van der Waals surface area contributed by atoms with Crippen molar-refractivity contribution in [3.8, 4) is 17.5 Å². The van der Waals surface area contributed by atoms with Crippen LogP contribution in [0.2, 0.25) is 0 Å². The standard InChI is InChI=1S/C15H16N4O4/c1-19(2)13-10(7-16-15(18-13)21-3)17-14(20)9-4-5-11-12(6-9)23-8-22-11/h4-7H,8H2,1-3H3,(H,17,20). The van der Waals surface area contributed by atoms with E-state index in [0.29, 0.717) is 28.6 Å². The van der Waals surface area contributed by atoms with E-state index in [2.05, 4.69) is 15.3 Å². The van der Waals surface area contributed by atoms with Crippen molar-refractivity contribution in [1.82, 2.24) is 9.97 Å². The van der Waals surface area contributed by atoms with Crippen molar-refractivity contribution in [3.63, 3.8) is 0 Å². The number of rotatable bonds is 4. The average Bonchev–Trinajstić information content (AvgIpc) is 3.02. The molecule has 0 saturated carbocycles. The molecule has 120 valence electrons. The smallest absolute Gasteiger partial charge is 0.318 e. The Morgan fingerprint density at radius 2 is 2.09 bits per heavy atom. The maximum Gasteiger partial charge on any atom is 0.318 e. The Morgan fingerprint density at radius 3 is 2.83 bits per heavy atom. The number of ether oxygens (including phenoxy) is 3. The number of benzene rings is 1. The minimum atomic E-state index is -0.292. The molecule has 0 aliphatic carbocycles. The Labute approximate surface area is 133 Å². The molecule has 1 aromatic carbocycles. The molecule has 2 heterocycles. The fourth-order valence-corrected chi connectivity index (χ4v) is 2.12. The highest BCUT2D eigenvalue weighted by atomic mass is 16.7. The van der Waals surface area contributed by atoms with Crippen molar-refractivity contribution < 1.29 is 19.0 Å². The van der Waals surface area contributed by atoms with Crippen molar-refractivity contribution in [3.05, 3.63) is 30.0 Å². The van der Waals surface area contributed by atoms with Crippen LogP contribution in [0.4, 0.5) is 11.5 Å². The highest BCUT2D eigenvalue weighted by molar-refractivity contribution is 6.06. The van der Waals surface area contributed by atoms with E-state index in [9.17, 15) is 4.79 Å². The van der Waals surface area contributed by atoms with E-state index in [1.54, 1.807) is 23.1 Å². The molecule has 1 aliphatic heterocycles. The molecule has 0 atom stereocenters. The SMILES string of the molecule is COc1ncc(NC(=O)c2ccc3c(c2)OCO3)c(N(C)C)n1. The third-order valence-electron chi connectivity index (χ3n) is 3.24. The summed E-state index contributed by atoms with van der Waals surface area (Å²) in [6, 6.07) is 5.24. The van der Waals surface area contributed by atoms with Gasteiger partial charge in [0.1, 0.15) is 5.69 Å². The van der Waals surface area contributed by atoms with Gasteiger partial charge in [0.2, 0.25) is 6.79 Å². The number of anilines is 2. The van der Waals surface area contributed by atoms with Crippen LogP contribution < -0.4 is 24.4 Å². The number of fused-ring (bicyclic) bond motifs is 1. The number of methoxy groups -OCH3 is 1. The predicted octanol–water partition coefficient (Wildman–Crippen LogP) is 1.53. The van der Waals surface area contributed by atoms with E-state index in [1.165, 1.54) is 13.3 Å². The molecular weight excluding hydrogens is 300 g/mol. The van der Waals surface area contributed by atoms with Crippen LogP contribution in [0.15, 0.2) is 24.4 Å². The molecule has 1 aromatic heterocycles. The third kappa shape index (κ3) is 2.96. The number of carbonyl (C=O) groups excluding carboxylic acids is 1. The third-order valence-corrected chi connectivity index (χ3v) is 3.24. The Morgan fingerprint density at radius 1 is 1.30 bits per heavy atom. The molecule has 1 N–H and O–H groups in total. The zero-order chi connectivity index (χ0) is 16.4. The second kappa shape index (κ2) is 5.99. The number of nitrogens with one attached hydrogen (secondary N) is 1. The van der Waals surface area contributed by atoms with Crippen molar-refractivity contribution >= 4 is 17.4 Å². The first kappa shape index (κ1) is 14.9. The van der Waals surface area contributed by atoms with Gasteiger partial charge >= 0.3 is 6.01 Å². The van der Waals surface area contributed by atoms with Gasteiger partial charge in [0, 0.05) is 19.7 Å². The first-order valence-corrected chi connectivity index (χ1v) is 6.88. The minimum Gasteiger partial charge on any atom is -0.467 e. The molecule has 2 aromatic rings. The van der Waals surface area contributed by atoms with Gasteiger partial charge in [-0.3, -0.25) is 4.79 Å². The second-order valence-electron chi connectivity index (χ2n) is 5.01. The topological polar surface area (TPSA) is 85.8 Å². The fourth-order valence-electron chi connectivity index (χ4n) is 2.12. The van der Waals surface area contributed by atoms with Gasteiger partial charge in [0.15, 0.2) is 17.3 Å². The van der Waals surface area contributed by atoms with Crippen LogP contribution in [0.3, 0.4) is 0 Å². The molecule has 0 bridgehead atoms. The highest BCUT2D eigenvalue weighted by Crippen LogP contribution is 2.33. The van der Waals surface area contributed by atoms with Gasteiger partial charge in [-0.2, -0.15) is 4.98 Å². The lowest BCUT2D eigenvalue weighted by molar-refractivity contribution is 0.102. The normalized spacial score (nSPS) is 12.0. The van der Waals surface area contributed by atoms with E-state index >= 15 is 0 Å². The maximum atomic E-state index is 12.4. The molecule has 8 heteroatoms. The molecule has 0 fully saturated rings. The van der Waals surface area contributed by atoms with Crippen molar-refractivity contribution in [2.45, 2.75) is 0 Å². The summed E-state index contributed by atoms with van der Waals surface area (Å²) in [5, 5.41) is 2.79. The van der Waals surface area contributed by atoms with Gasteiger partial charge in [0.05, 0.1) is 13.3 Å². The van der Waals surface area contributed by atoms with Gasteiger partial charge in [-0.05, 0) is 18.2 Å². The number of amides is 1. The molecule has 8 nitrogen and oxygen atoms in total. The van der Waals surface area contributed by atoms with Crippen molar-refractivity contribution in [2.24, 2.45) is 0 Å². The summed E-state index contributed by atoms with van der Waals surface area (Å²) < 4.78 is 15.5. The molecule has 3 rings (SSSR count). The average molecular weight is 316 g/mol. The maximum absolute atomic E-state index is 12.4. The van der Waals surface area contributed by atoms with Gasteiger partial charge in [-0.1, -0.05) is 0 Å². The van der Waals surface area contributed by atoms with Crippen molar-refractivity contribution in [2.75, 3.05) is 38.2 Å². The number of aromatic nitrogens is 2. The zero-order valence-corrected chi connectivity index (χ0v) is 13.0. The Hall–Kier alpha value is -3.03. The van der Waals surface area contributed by atoms with E-state index in [1.807, 2.05) is 14.1 Å². The van der Waals surface area contributed by atoms with Gasteiger partial charge in [-0.15, -0.1) is 0 Å². The molecule has 23 heavy (non-hydrogen) atoms. The monoisotopic (exact) mass is 316 g/mol. The van der Waals surface area contributed by atoms with Crippen LogP contribution in [-0.2, 0) is 0 Å². The summed E-state index contributed by atoms with van der Waals surface area (Å²) in [6.45, 7) is 0.164. The number of hydrogen-bond acceptors (Lipinski definition) is 7. The van der Waals surface area contributed by atoms with Crippen LogP contribution in [-0.4, -0.2) is 43.9 Å². The quantitative estimate of drug-likeness (QED) is 0.915. The lowest BCUT2D eigenvalue weighted by atomic mass is 10.2. The highest BCUT2D eigenvalue weighted by Gasteiger charge is 2.18. The molecule has 0 unspecified atom stereocenters. The van der Waals surface area contributed by atoms with Crippen LogP contribution in [0, 0.1) is 0 Å². The van der Waals surface area contributed by atoms with E-state index in [4.69, 9.17) is 14.2 Å². The molecule has 0 spiro atoms. The fraction of sp³-hybridized carbons (Fsp3) is 0.267. The first-order valence-electron chi connectivity index (χ1n) is 6.88. The summed E-state index contributed by atoms with van der Waals surface area (Å²) in [5.41, 5.74) is 0.938. The van der Waals surface area contributed by atoms with E-state index in [-0.39, 0.29) is 18.7 Å². The summed E-state index contributed by atoms with van der Waals surface area (Å²) in [4.78, 5) is 22.4. The lowest BCUT2D eigenvalue weighted by Gasteiger charge is -2.16. The Balaban J connectivity index is 1.85. The molecule has 0 saturated heterocycles. The largest absolute Gasteiger partial charge is 0.467 e. The van der Waals surface area contributed by atoms with Crippen LogP contribution >= 0.6 is 0 Å². The van der Waals surface area contributed by atoms with Gasteiger partial charge in [0.25, 0.3) is 5.91 Å². The predicted molar refractivity (Wildman–Crippen MR) is 83.4 cm³/mol. The van der Waals surface area contributed by atoms with Crippen LogP contribution in [0.5, 0.6) is 17.5 Å². The molecular formula is C15H16N4O4. The second-order valence-corrected chi connectivity index (χ2v) is 5.01. The molecule has 1 amide bonds. The number of carbonyl (C=O) groups is 1. The van der Waals surface area contributed by atoms with Crippen LogP contribution in [0.1, 0.15) is 10.4 Å². The summed E-state index contributed by atoms with van der Waals surface area (Å²) >= 11 is 0. The van der Waals surface area contributed by atoms with Crippen LogP contribution in [0.25, 0.3) is 0 Å². The number of nitrogens with zero attached hydrogens (tertiary/aromatic N) is 3. The minimum absolute atomic E-state index is 0.164. The first-order chi connectivity index (χ1) is 11.1. The molecule has 0 radical (unpaired) electrons. The van der Waals surface area contributed by atoms with Crippen molar-refractivity contribution in [1.29, 1.82) is 0 Å². The van der Waals surface area contributed by atoms with Gasteiger partial charge < -0.3 is 24.4 Å². The molecule has 1 aliphatic rings. The van der Waals surface area contributed by atoms with Gasteiger partial charge in [-0.25, -0.2) is 4.98 Å². The van der Waals surface area contributed by atoms with E-state index in [0.717, 1.165) is 0 Å².